The van der Waals surface area contributed by atoms with Gasteiger partial charge in [-0.15, -0.1) is 0 Å². The average molecular weight is 138 g/mol. The second-order valence-electron chi connectivity index (χ2n) is 0.253. The van der Waals surface area contributed by atoms with E-state index < -0.39 is 8.60 Å². The van der Waals surface area contributed by atoms with E-state index in [4.69, 9.17) is 14.7 Å². The summed E-state index contributed by atoms with van der Waals surface area (Å²) in [5.41, 5.74) is 0. The molecule has 1 unspecified atom stereocenters. The molecule has 0 aliphatic carbocycles. The summed E-state index contributed by atoms with van der Waals surface area (Å²) in [6.07, 6.45) is 0. The number of rotatable bonds is 0. The summed E-state index contributed by atoms with van der Waals surface area (Å²) in [5, 5.41) is 0. The van der Waals surface area contributed by atoms with Crippen LogP contribution in [0.15, 0.2) is 0 Å². The van der Waals surface area contributed by atoms with E-state index in [0.717, 1.165) is 0 Å². The third kappa shape index (κ3) is 42.6. The average Bonchev–Trinajstić information content (AvgIpc) is 0.811. The van der Waals surface area contributed by atoms with Crippen molar-refractivity contribution in [3.05, 3.63) is 0 Å². The number of hydrogen-bond donors (Lipinski definition) is 2. The zero-order valence-electron chi connectivity index (χ0n) is 3.46. The van der Waals surface area contributed by atoms with Gasteiger partial charge in [-0.1, -0.05) is 0 Å². The molecule has 1 atom stereocenters. The summed E-state index contributed by atoms with van der Waals surface area (Å²) in [7, 11) is -2.87. The fraction of sp³-hybridized carbons (Fsp3) is 0. The zero-order chi connectivity index (χ0) is 3.58. The van der Waals surface area contributed by atoms with Crippen molar-refractivity contribution in [2.45, 2.75) is 0 Å². The Bertz CT molecular complexity index is 13.5. The molecule has 0 aromatic carbocycles. The van der Waals surface area contributed by atoms with E-state index in [0.29, 0.717) is 0 Å². The molecule has 2 N–H and O–H groups in total. The Kier molecular flexibility index (Phi) is 25.8. The van der Waals surface area contributed by atoms with Crippen molar-refractivity contribution in [3.63, 3.8) is 0 Å². The van der Waals surface area contributed by atoms with Gasteiger partial charge in [0.15, 0.2) is 0 Å². The molecule has 3 nitrogen and oxygen atoms in total. The molecule has 0 amide bonds. The molecule has 0 saturated carbocycles. The van der Waals surface area contributed by atoms with Gasteiger partial charge in [-0.05, 0) is 0 Å². The second kappa shape index (κ2) is 9.88. The molecule has 6 heavy (non-hydrogen) atoms. The van der Waals surface area contributed by atoms with Crippen molar-refractivity contribution in [1.29, 1.82) is 0 Å². The van der Waals surface area contributed by atoms with Crippen LogP contribution in [0.5, 0.6) is 0 Å². The van der Waals surface area contributed by atoms with Gasteiger partial charge in [0.05, 0.1) is 8.60 Å². The van der Waals surface area contributed by atoms with E-state index in [9.17, 15) is 0 Å². The first-order valence-corrected chi connectivity index (χ1v) is 1.75. The fourth-order valence-corrected chi connectivity index (χ4v) is 0. The van der Waals surface area contributed by atoms with Crippen molar-refractivity contribution in [1.82, 2.24) is 0 Å². The zero-order valence-corrected chi connectivity index (χ0v) is 7.77. The van der Waals surface area contributed by atoms with Crippen LogP contribution in [-0.2, 0) is 0 Å². The van der Waals surface area contributed by atoms with E-state index in [1.54, 1.807) is 0 Å². The maximum absolute atomic E-state index is 8.70. The Hall–Kier alpha value is 1.74. The van der Waals surface area contributed by atoms with Gasteiger partial charge in [-0.2, -0.15) is 9.90 Å². The Morgan fingerprint density at radius 1 is 1.33 bits per heavy atom. The van der Waals surface area contributed by atoms with E-state index in [2.05, 4.69) is 0 Å². The fourth-order valence-electron chi connectivity index (χ4n) is 0. The molecular formula is H5NaO3P2. The minimum Gasteiger partial charge on any atom is -0.786 e. The molecule has 0 saturated heterocycles. The third-order valence-electron chi connectivity index (χ3n) is 0. The van der Waals surface area contributed by atoms with Crippen LogP contribution in [0.3, 0.4) is 0 Å². The van der Waals surface area contributed by atoms with Crippen LogP contribution in [0.4, 0.5) is 0 Å². The van der Waals surface area contributed by atoms with Gasteiger partial charge in [0.25, 0.3) is 0 Å². The summed E-state index contributed by atoms with van der Waals surface area (Å²) in [5.74, 6) is 0. The molecule has 0 bridgehead atoms. The van der Waals surface area contributed by atoms with Gasteiger partial charge in [0, 0.05) is 0 Å². The molecule has 0 aromatic rings. The van der Waals surface area contributed by atoms with Gasteiger partial charge in [-0.25, -0.2) is 0 Å². The topological polar surface area (TPSA) is 63.5 Å². The Morgan fingerprint density at radius 2 is 1.33 bits per heavy atom. The van der Waals surface area contributed by atoms with Gasteiger partial charge >= 0.3 is 29.6 Å². The summed E-state index contributed by atoms with van der Waals surface area (Å²) in [4.78, 5) is 22.9. The summed E-state index contributed by atoms with van der Waals surface area (Å²) >= 11 is 0. The normalized spacial score (nSPS) is 6.00. The minimum atomic E-state index is -2.87. The van der Waals surface area contributed by atoms with Crippen LogP contribution in [0.2, 0.25) is 0 Å². The van der Waals surface area contributed by atoms with Gasteiger partial charge in [0.1, 0.15) is 0 Å². The number of hydrogen-bond acceptors (Lipinski definition) is 3. The Balaban J connectivity index is -0.0000000450. The smallest absolute Gasteiger partial charge is 0.786 e. The molecule has 0 rings (SSSR count). The molecule has 0 radical (unpaired) electrons. The van der Waals surface area contributed by atoms with Gasteiger partial charge in [0.2, 0.25) is 0 Å². The summed E-state index contributed by atoms with van der Waals surface area (Å²) < 4.78 is 0. The molecule has 0 aliphatic rings. The quantitative estimate of drug-likeness (QED) is 0.262. The third-order valence-corrected chi connectivity index (χ3v) is 0. The predicted molar refractivity (Wildman–Crippen MR) is 22.5 cm³/mol. The SMILES string of the molecule is P.[Na+].[O-]P(O)O. The van der Waals surface area contributed by atoms with E-state index in [1.165, 1.54) is 0 Å². The molecule has 6 heteroatoms. The molecule has 0 aromatic heterocycles. The van der Waals surface area contributed by atoms with Crippen molar-refractivity contribution >= 4 is 18.5 Å². The van der Waals surface area contributed by atoms with Crippen LogP contribution >= 0.6 is 18.5 Å². The minimum absolute atomic E-state index is 0. The first-order valence-electron chi connectivity index (χ1n) is 0.583. The summed E-state index contributed by atoms with van der Waals surface area (Å²) in [6, 6.07) is 0. The van der Waals surface area contributed by atoms with Gasteiger partial charge < -0.3 is 14.7 Å². The molecule has 0 spiro atoms. The van der Waals surface area contributed by atoms with Crippen molar-refractivity contribution in [2.75, 3.05) is 0 Å². The monoisotopic (exact) mass is 138 g/mol. The van der Waals surface area contributed by atoms with Crippen molar-refractivity contribution in [3.8, 4) is 0 Å². The van der Waals surface area contributed by atoms with Gasteiger partial charge in [-0.3, -0.25) is 0 Å². The summed E-state index contributed by atoms with van der Waals surface area (Å²) in [6.45, 7) is 0. The molecular weight excluding hydrogens is 133 g/mol. The van der Waals surface area contributed by atoms with Crippen LogP contribution in [0.1, 0.15) is 0 Å². The van der Waals surface area contributed by atoms with E-state index >= 15 is 0 Å². The largest absolute Gasteiger partial charge is 1.00 e. The molecule has 0 aliphatic heterocycles. The van der Waals surface area contributed by atoms with Crippen LogP contribution in [0, 0.1) is 0 Å². The van der Waals surface area contributed by atoms with Crippen LogP contribution in [0.25, 0.3) is 0 Å². The van der Waals surface area contributed by atoms with Crippen molar-refractivity contribution in [2.24, 2.45) is 0 Å². The first kappa shape index (κ1) is 15.6. The molecule has 0 fully saturated rings. The van der Waals surface area contributed by atoms with Crippen molar-refractivity contribution < 1.29 is 44.2 Å². The van der Waals surface area contributed by atoms with Crippen LogP contribution < -0.4 is 34.5 Å². The van der Waals surface area contributed by atoms with E-state index in [-0.39, 0.29) is 39.5 Å². The molecule has 34 valence electrons. The molecule has 0 heterocycles. The van der Waals surface area contributed by atoms with E-state index in [1.807, 2.05) is 0 Å². The predicted octanol–water partition coefficient (Wildman–Crippen LogP) is -4.38. The maximum atomic E-state index is 8.70. The second-order valence-corrected chi connectivity index (χ2v) is 0.758. The maximum Gasteiger partial charge on any atom is 1.00 e. The standard InChI is InChI=1S/Na.H2O3P.H3P/c;1-4(2)3;/h;1-2H;1H3/q+1;-1;. The Morgan fingerprint density at radius 3 is 1.33 bits per heavy atom. The van der Waals surface area contributed by atoms with Crippen LogP contribution in [-0.4, -0.2) is 9.79 Å². The first-order chi connectivity index (χ1) is 1.73. The Labute approximate surface area is 62.7 Å².